The molecule has 2 N–H and O–H groups in total. The van der Waals surface area contributed by atoms with Crippen LogP contribution in [0, 0.1) is 5.41 Å². The van der Waals surface area contributed by atoms with E-state index in [1.165, 1.54) is 0 Å². The largest absolute Gasteiger partial charge is 0.508 e. The van der Waals surface area contributed by atoms with E-state index in [9.17, 15) is 10.2 Å². The molecule has 0 saturated heterocycles. The van der Waals surface area contributed by atoms with Crippen molar-refractivity contribution >= 4 is 0 Å². The zero-order chi connectivity index (χ0) is 10.3. The predicted molar refractivity (Wildman–Crippen MR) is 53.5 cm³/mol. The standard InChI is InChI=1S/C11H18O2/c1-10(2,3)8-7-11(4,13)6-5-9(8)12/h5,7,12-13H,6H2,1-4H3. The van der Waals surface area contributed by atoms with Crippen molar-refractivity contribution in [1.29, 1.82) is 0 Å². The summed E-state index contributed by atoms with van der Waals surface area (Å²) < 4.78 is 0. The Kier molecular flexibility index (Phi) is 2.28. The van der Waals surface area contributed by atoms with Crippen molar-refractivity contribution in [3.8, 4) is 0 Å². The van der Waals surface area contributed by atoms with E-state index in [-0.39, 0.29) is 5.41 Å². The van der Waals surface area contributed by atoms with Gasteiger partial charge in [-0.25, -0.2) is 0 Å². The summed E-state index contributed by atoms with van der Waals surface area (Å²) in [6.45, 7) is 7.81. The number of aliphatic hydroxyl groups excluding tert-OH is 1. The third kappa shape index (κ3) is 2.34. The molecule has 0 spiro atoms. The summed E-state index contributed by atoms with van der Waals surface area (Å²) >= 11 is 0. The zero-order valence-electron chi connectivity index (χ0n) is 8.76. The first-order valence-corrected chi connectivity index (χ1v) is 4.58. The Balaban J connectivity index is 3.06. The fourth-order valence-electron chi connectivity index (χ4n) is 1.46. The van der Waals surface area contributed by atoms with Gasteiger partial charge >= 0.3 is 0 Å². The van der Waals surface area contributed by atoms with Crippen molar-refractivity contribution in [3.63, 3.8) is 0 Å². The van der Waals surface area contributed by atoms with E-state index in [0.717, 1.165) is 5.57 Å². The predicted octanol–water partition coefficient (Wildman–Crippen LogP) is 2.56. The van der Waals surface area contributed by atoms with Gasteiger partial charge in [0.15, 0.2) is 0 Å². The van der Waals surface area contributed by atoms with Crippen molar-refractivity contribution in [2.75, 3.05) is 0 Å². The molecule has 74 valence electrons. The van der Waals surface area contributed by atoms with E-state index >= 15 is 0 Å². The summed E-state index contributed by atoms with van der Waals surface area (Å²) in [5.74, 6) is 0.305. The van der Waals surface area contributed by atoms with Gasteiger partial charge in [-0.05, 0) is 30.1 Å². The molecule has 0 saturated carbocycles. The minimum atomic E-state index is -0.811. The van der Waals surface area contributed by atoms with Crippen LogP contribution in [0.2, 0.25) is 0 Å². The fraction of sp³-hybridized carbons (Fsp3) is 0.636. The Morgan fingerprint density at radius 1 is 1.38 bits per heavy atom. The van der Waals surface area contributed by atoms with Crippen molar-refractivity contribution in [3.05, 3.63) is 23.5 Å². The van der Waals surface area contributed by atoms with Crippen LogP contribution in [0.1, 0.15) is 34.1 Å². The number of hydrogen-bond acceptors (Lipinski definition) is 2. The molecule has 0 bridgehead atoms. The maximum absolute atomic E-state index is 9.79. The van der Waals surface area contributed by atoms with E-state index in [1.807, 2.05) is 20.8 Å². The summed E-state index contributed by atoms with van der Waals surface area (Å²) in [6, 6.07) is 0. The lowest BCUT2D eigenvalue weighted by atomic mass is 9.79. The molecule has 0 fully saturated rings. The van der Waals surface area contributed by atoms with Crippen LogP contribution >= 0.6 is 0 Å². The van der Waals surface area contributed by atoms with Gasteiger partial charge in [0, 0.05) is 6.42 Å². The average Bonchev–Trinajstić information content (AvgIpc) is 1.92. The van der Waals surface area contributed by atoms with E-state index in [0.29, 0.717) is 12.2 Å². The lowest BCUT2D eigenvalue weighted by Gasteiger charge is -2.30. The second-order valence-corrected chi connectivity index (χ2v) is 4.96. The monoisotopic (exact) mass is 182 g/mol. The molecule has 0 aromatic carbocycles. The minimum absolute atomic E-state index is 0.120. The maximum Gasteiger partial charge on any atom is 0.115 e. The molecule has 1 unspecified atom stereocenters. The molecule has 0 aromatic heterocycles. The highest BCUT2D eigenvalue weighted by molar-refractivity contribution is 5.36. The van der Waals surface area contributed by atoms with Crippen molar-refractivity contribution in [2.24, 2.45) is 5.41 Å². The molecule has 0 aromatic rings. The summed E-state index contributed by atoms with van der Waals surface area (Å²) in [6.07, 6.45) is 3.92. The molecular formula is C11H18O2. The molecule has 1 atom stereocenters. The van der Waals surface area contributed by atoms with Crippen LogP contribution in [0.25, 0.3) is 0 Å². The van der Waals surface area contributed by atoms with Crippen molar-refractivity contribution < 1.29 is 10.2 Å². The van der Waals surface area contributed by atoms with Crippen LogP contribution in [0.5, 0.6) is 0 Å². The van der Waals surface area contributed by atoms with Crippen LogP contribution < -0.4 is 0 Å². The van der Waals surface area contributed by atoms with Gasteiger partial charge < -0.3 is 10.2 Å². The second-order valence-electron chi connectivity index (χ2n) is 4.96. The maximum atomic E-state index is 9.79. The van der Waals surface area contributed by atoms with Gasteiger partial charge in [-0.15, -0.1) is 0 Å². The van der Waals surface area contributed by atoms with Crippen LogP contribution in [-0.2, 0) is 0 Å². The molecule has 1 aliphatic rings. The number of hydrogen-bond donors (Lipinski definition) is 2. The minimum Gasteiger partial charge on any atom is -0.508 e. The molecule has 0 aliphatic heterocycles. The molecule has 13 heavy (non-hydrogen) atoms. The fourth-order valence-corrected chi connectivity index (χ4v) is 1.46. The molecule has 2 heteroatoms. The Hall–Kier alpha value is -0.760. The Bertz CT molecular complexity index is 264. The highest BCUT2D eigenvalue weighted by atomic mass is 16.3. The van der Waals surface area contributed by atoms with Crippen LogP contribution in [0.4, 0.5) is 0 Å². The van der Waals surface area contributed by atoms with E-state index < -0.39 is 5.60 Å². The zero-order valence-corrected chi connectivity index (χ0v) is 8.76. The number of rotatable bonds is 0. The average molecular weight is 182 g/mol. The molecule has 0 amide bonds. The lowest BCUT2D eigenvalue weighted by Crippen LogP contribution is -2.27. The van der Waals surface area contributed by atoms with Gasteiger partial charge in [0.05, 0.1) is 5.60 Å². The molecule has 2 nitrogen and oxygen atoms in total. The molecule has 1 rings (SSSR count). The van der Waals surface area contributed by atoms with E-state index in [2.05, 4.69) is 0 Å². The molecular weight excluding hydrogens is 164 g/mol. The van der Waals surface area contributed by atoms with Crippen LogP contribution in [0.15, 0.2) is 23.5 Å². The van der Waals surface area contributed by atoms with Gasteiger partial charge in [-0.2, -0.15) is 0 Å². The number of allylic oxidation sites excluding steroid dienone is 1. The highest BCUT2D eigenvalue weighted by Gasteiger charge is 2.29. The number of aliphatic hydroxyl groups is 2. The first kappa shape index (κ1) is 10.3. The second kappa shape index (κ2) is 2.88. The van der Waals surface area contributed by atoms with Gasteiger partial charge in [0.2, 0.25) is 0 Å². The quantitative estimate of drug-likeness (QED) is 0.604. The van der Waals surface area contributed by atoms with Gasteiger partial charge in [0.1, 0.15) is 5.76 Å². The Morgan fingerprint density at radius 2 is 1.92 bits per heavy atom. The summed E-state index contributed by atoms with van der Waals surface area (Å²) in [5, 5.41) is 19.4. The topological polar surface area (TPSA) is 40.5 Å². The SMILES string of the molecule is CC1(O)C=C(C(C)(C)C)C(O)=CC1. The summed E-state index contributed by atoms with van der Waals surface area (Å²) in [7, 11) is 0. The third-order valence-corrected chi connectivity index (χ3v) is 2.25. The van der Waals surface area contributed by atoms with Gasteiger partial charge in [-0.1, -0.05) is 20.8 Å². The molecule has 0 radical (unpaired) electrons. The first-order chi connectivity index (χ1) is 5.72. The van der Waals surface area contributed by atoms with Crippen LogP contribution in [-0.4, -0.2) is 15.8 Å². The Labute approximate surface area is 79.6 Å². The molecule has 1 aliphatic carbocycles. The summed E-state index contributed by atoms with van der Waals surface area (Å²) in [5.41, 5.74) is -0.108. The third-order valence-electron chi connectivity index (χ3n) is 2.25. The normalized spacial score (nSPS) is 29.6. The van der Waals surface area contributed by atoms with Crippen molar-refractivity contribution in [1.82, 2.24) is 0 Å². The van der Waals surface area contributed by atoms with E-state index in [1.54, 1.807) is 19.1 Å². The van der Waals surface area contributed by atoms with E-state index in [4.69, 9.17) is 0 Å². The van der Waals surface area contributed by atoms with Crippen LogP contribution in [0.3, 0.4) is 0 Å². The first-order valence-electron chi connectivity index (χ1n) is 4.58. The van der Waals surface area contributed by atoms with Gasteiger partial charge in [-0.3, -0.25) is 0 Å². The Morgan fingerprint density at radius 3 is 2.31 bits per heavy atom. The molecule has 0 heterocycles. The van der Waals surface area contributed by atoms with Crippen molar-refractivity contribution in [2.45, 2.75) is 39.7 Å². The lowest BCUT2D eigenvalue weighted by molar-refractivity contribution is 0.108. The smallest absolute Gasteiger partial charge is 0.115 e. The summed E-state index contributed by atoms with van der Waals surface area (Å²) in [4.78, 5) is 0. The van der Waals surface area contributed by atoms with Gasteiger partial charge in [0.25, 0.3) is 0 Å². The highest BCUT2D eigenvalue weighted by Crippen LogP contribution is 2.36.